The van der Waals surface area contributed by atoms with Gasteiger partial charge in [-0.15, -0.1) is 5.10 Å². The van der Waals surface area contributed by atoms with Gasteiger partial charge in [0.05, 0.1) is 19.2 Å². The number of nitrogens with one attached hydrogen (secondary N) is 1. The Hall–Kier alpha value is -3.23. The molecule has 1 aromatic carbocycles. The van der Waals surface area contributed by atoms with Crippen molar-refractivity contribution in [2.75, 3.05) is 7.11 Å². The monoisotopic (exact) mass is 348 g/mol. The third-order valence-electron chi connectivity index (χ3n) is 3.42. The van der Waals surface area contributed by atoms with Crippen LogP contribution in [0.15, 0.2) is 35.0 Å². The second-order valence-corrected chi connectivity index (χ2v) is 5.22. The molecule has 0 aliphatic heterocycles. The Bertz CT molecular complexity index is 920. The predicted molar refractivity (Wildman–Crippen MR) is 82.8 cm³/mol. The average molecular weight is 348 g/mol. The summed E-state index contributed by atoms with van der Waals surface area (Å²) in [5.74, 6) is -1.50. The van der Waals surface area contributed by atoms with Crippen molar-refractivity contribution in [1.82, 2.24) is 20.3 Å². The first-order valence-electron chi connectivity index (χ1n) is 7.24. The molecule has 3 aromatic rings. The lowest BCUT2D eigenvalue weighted by atomic mass is 10.1. The molecule has 0 unspecified atom stereocenters. The Morgan fingerprint density at radius 3 is 2.88 bits per heavy atom. The summed E-state index contributed by atoms with van der Waals surface area (Å²) in [6.07, 6.45) is 1.52. The number of aryl methyl sites for hydroxylation is 1. The number of benzene rings is 1. The second-order valence-electron chi connectivity index (χ2n) is 5.22. The highest BCUT2D eigenvalue weighted by Gasteiger charge is 2.17. The van der Waals surface area contributed by atoms with Gasteiger partial charge in [0.25, 0.3) is 5.91 Å². The van der Waals surface area contributed by atoms with Crippen LogP contribution in [0.4, 0.5) is 8.78 Å². The van der Waals surface area contributed by atoms with Crippen LogP contribution < -0.4 is 10.1 Å². The van der Waals surface area contributed by atoms with Crippen molar-refractivity contribution < 1.29 is 22.8 Å². The van der Waals surface area contributed by atoms with Crippen LogP contribution in [0.3, 0.4) is 0 Å². The lowest BCUT2D eigenvalue weighted by Crippen LogP contribution is -2.23. The van der Waals surface area contributed by atoms with Crippen LogP contribution in [0, 0.1) is 11.6 Å². The SMILES string of the molecule is COc1nn(C)cc1C(=O)NCc1cc(-c2ccc(F)cc2F)on1. The van der Waals surface area contributed by atoms with Gasteiger partial charge in [-0.05, 0) is 12.1 Å². The van der Waals surface area contributed by atoms with Gasteiger partial charge >= 0.3 is 0 Å². The third-order valence-corrected chi connectivity index (χ3v) is 3.42. The molecule has 1 amide bonds. The number of ether oxygens (including phenoxy) is 1. The van der Waals surface area contributed by atoms with Crippen molar-refractivity contribution in [3.05, 3.63) is 53.4 Å². The first kappa shape index (κ1) is 16.6. The first-order valence-corrected chi connectivity index (χ1v) is 7.24. The van der Waals surface area contributed by atoms with Gasteiger partial charge in [-0.2, -0.15) is 0 Å². The van der Waals surface area contributed by atoms with E-state index in [1.54, 1.807) is 7.05 Å². The number of carbonyl (C=O) groups is 1. The zero-order valence-electron chi connectivity index (χ0n) is 13.4. The molecule has 0 saturated carbocycles. The van der Waals surface area contributed by atoms with Crippen molar-refractivity contribution in [1.29, 1.82) is 0 Å². The number of hydrogen-bond acceptors (Lipinski definition) is 5. The third kappa shape index (κ3) is 3.49. The summed E-state index contributed by atoms with van der Waals surface area (Å²) >= 11 is 0. The predicted octanol–water partition coefficient (Wildman–Crippen LogP) is 2.29. The van der Waals surface area contributed by atoms with Crippen LogP contribution in [-0.4, -0.2) is 28.0 Å². The standard InChI is InChI=1S/C16H14F2N4O3/c1-22-8-12(16(20-22)24-2)15(23)19-7-10-6-14(25-21-10)11-4-3-9(17)5-13(11)18/h3-6,8H,7H2,1-2H3,(H,19,23). The van der Waals surface area contributed by atoms with Gasteiger partial charge in [0.2, 0.25) is 5.88 Å². The highest BCUT2D eigenvalue weighted by molar-refractivity contribution is 5.96. The highest BCUT2D eigenvalue weighted by atomic mass is 19.1. The van der Waals surface area contributed by atoms with Crippen molar-refractivity contribution >= 4 is 5.91 Å². The molecule has 0 saturated heterocycles. The van der Waals surface area contributed by atoms with E-state index in [0.717, 1.165) is 12.1 Å². The molecule has 2 heterocycles. The summed E-state index contributed by atoms with van der Waals surface area (Å²) in [6.45, 7) is 0.0587. The molecule has 3 rings (SSSR count). The van der Waals surface area contributed by atoms with Crippen LogP contribution in [0.5, 0.6) is 5.88 Å². The fourth-order valence-corrected chi connectivity index (χ4v) is 2.25. The van der Waals surface area contributed by atoms with E-state index < -0.39 is 17.5 Å². The number of methoxy groups -OCH3 is 1. The molecule has 0 bridgehead atoms. The Balaban J connectivity index is 1.70. The van der Waals surface area contributed by atoms with Crippen LogP contribution in [-0.2, 0) is 13.6 Å². The highest BCUT2D eigenvalue weighted by Crippen LogP contribution is 2.24. The minimum Gasteiger partial charge on any atom is -0.479 e. The van der Waals surface area contributed by atoms with Crippen molar-refractivity contribution in [2.24, 2.45) is 7.05 Å². The molecule has 25 heavy (non-hydrogen) atoms. The first-order chi connectivity index (χ1) is 12.0. The maximum absolute atomic E-state index is 13.7. The van der Waals surface area contributed by atoms with E-state index in [4.69, 9.17) is 9.26 Å². The Morgan fingerprint density at radius 1 is 1.36 bits per heavy atom. The van der Waals surface area contributed by atoms with Crippen LogP contribution in [0.1, 0.15) is 16.1 Å². The number of rotatable bonds is 5. The Kier molecular flexibility index (Phi) is 4.46. The zero-order valence-corrected chi connectivity index (χ0v) is 13.4. The van der Waals surface area contributed by atoms with Crippen LogP contribution in [0.25, 0.3) is 11.3 Å². The van der Waals surface area contributed by atoms with Crippen LogP contribution in [0.2, 0.25) is 0 Å². The number of aromatic nitrogens is 3. The number of hydrogen-bond donors (Lipinski definition) is 1. The Labute approximate surface area is 141 Å². The van der Waals surface area contributed by atoms with Crippen molar-refractivity contribution in [3.8, 4) is 17.2 Å². The average Bonchev–Trinajstić information content (AvgIpc) is 3.19. The van der Waals surface area contributed by atoms with Crippen molar-refractivity contribution in [3.63, 3.8) is 0 Å². The molecule has 2 aromatic heterocycles. The normalized spacial score (nSPS) is 10.7. The number of carbonyl (C=O) groups excluding carboxylic acids is 1. The minimum absolute atomic E-state index is 0.0587. The molecular formula is C16H14F2N4O3. The molecule has 0 atom stereocenters. The minimum atomic E-state index is -0.758. The lowest BCUT2D eigenvalue weighted by molar-refractivity contribution is 0.0947. The van der Waals surface area contributed by atoms with Gasteiger partial charge in [-0.25, -0.2) is 8.78 Å². The molecule has 0 aliphatic carbocycles. The Morgan fingerprint density at radius 2 is 2.16 bits per heavy atom. The topological polar surface area (TPSA) is 82.2 Å². The maximum Gasteiger partial charge on any atom is 0.258 e. The van der Waals surface area contributed by atoms with Gasteiger partial charge in [-0.3, -0.25) is 9.48 Å². The zero-order chi connectivity index (χ0) is 18.0. The van der Waals surface area contributed by atoms with Gasteiger partial charge < -0.3 is 14.6 Å². The summed E-state index contributed by atoms with van der Waals surface area (Å²) < 4.78 is 38.2. The van der Waals surface area contributed by atoms with Gasteiger partial charge in [-0.1, -0.05) is 5.16 Å². The molecule has 0 spiro atoms. The van der Waals surface area contributed by atoms with Gasteiger partial charge in [0.15, 0.2) is 5.76 Å². The second kappa shape index (κ2) is 6.71. The fourth-order valence-electron chi connectivity index (χ4n) is 2.25. The molecular weight excluding hydrogens is 334 g/mol. The summed E-state index contributed by atoms with van der Waals surface area (Å²) in [5, 5.41) is 10.4. The molecule has 0 aliphatic rings. The number of halogens is 2. The van der Waals surface area contributed by atoms with E-state index in [1.807, 2.05) is 0 Å². The van der Waals surface area contributed by atoms with Crippen LogP contribution >= 0.6 is 0 Å². The molecule has 7 nitrogen and oxygen atoms in total. The smallest absolute Gasteiger partial charge is 0.258 e. The van der Waals surface area contributed by atoms with E-state index in [2.05, 4.69) is 15.6 Å². The molecule has 0 radical (unpaired) electrons. The molecule has 1 N–H and O–H groups in total. The molecule has 0 fully saturated rings. The van der Waals surface area contributed by atoms with Gasteiger partial charge in [0.1, 0.15) is 22.9 Å². The molecule has 9 heteroatoms. The molecule has 130 valence electrons. The largest absolute Gasteiger partial charge is 0.479 e. The van der Waals surface area contributed by atoms with E-state index in [0.29, 0.717) is 5.69 Å². The van der Waals surface area contributed by atoms with E-state index in [-0.39, 0.29) is 29.3 Å². The van der Waals surface area contributed by atoms with E-state index in [9.17, 15) is 13.6 Å². The summed E-state index contributed by atoms with van der Waals surface area (Å²) in [4.78, 5) is 12.2. The van der Waals surface area contributed by atoms with E-state index >= 15 is 0 Å². The summed E-state index contributed by atoms with van der Waals surface area (Å²) in [6, 6.07) is 4.61. The summed E-state index contributed by atoms with van der Waals surface area (Å²) in [5.41, 5.74) is 0.744. The quantitative estimate of drug-likeness (QED) is 0.765. The lowest BCUT2D eigenvalue weighted by Gasteiger charge is -2.02. The van der Waals surface area contributed by atoms with E-state index in [1.165, 1.54) is 30.1 Å². The fraction of sp³-hybridized carbons (Fsp3) is 0.188. The summed E-state index contributed by atoms with van der Waals surface area (Å²) in [7, 11) is 3.08. The maximum atomic E-state index is 13.7. The van der Waals surface area contributed by atoms with Crippen molar-refractivity contribution in [2.45, 2.75) is 6.54 Å². The number of nitrogens with zero attached hydrogens (tertiary/aromatic N) is 3. The number of amides is 1. The van der Waals surface area contributed by atoms with Gasteiger partial charge in [0, 0.05) is 25.4 Å².